The van der Waals surface area contributed by atoms with Gasteiger partial charge in [-0.1, -0.05) is 60.7 Å². The Hall–Kier alpha value is -2.27. The van der Waals surface area contributed by atoms with E-state index in [0.29, 0.717) is 12.3 Å². The fraction of sp³-hybridized carbons (Fsp3) is 0.263. The smallest absolute Gasteiger partial charge is 0.327 e. The number of benzene rings is 2. The summed E-state index contributed by atoms with van der Waals surface area (Å²) in [5.74, 6) is -0.337. The number of carbonyl (C=O) groups excluding carboxylic acids is 1. The van der Waals surface area contributed by atoms with Crippen molar-refractivity contribution >= 4 is 23.6 Å². The Morgan fingerprint density at radius 1 is 1.00 bits per heavy atom. The van der Waals surface area contributed by atoms with Gasteiger partial charge in [0.1, 0.15) is 6.04 Å². The summed E-state index contributed by atoms with van der Waals surface area (Å²) in [5, 5.41) is 9.47. The minimum absolute atomic E-state index is 0.139. The predicted octanol–water partition coefficient (Wildman–Crippen LogP) is 2.85. The van der Waals surface area contributed by atoms with Gasteiger partial charge in [-0.15, -0.1) is 0 Å². The summed E-state index contributed by atoms with van der Waals surface area (Å²) >= 11 is 1.58. The molecular weight excluding hydrogens is 322 g/mol. The molecule has 124 valence electrons. The van der Waals surface area contributed by atoms with Crippen LogP contribution >= 0.6 is 11.8 Å². The standard InChI is InChI=1S/C19H19NO3S/c21-18(20-11-12-24-13-16(20)19(22)23)17(14-7-3-1-4-8-14)15-9-5-2-6-10-15/h1-10,16-17H,11-13H2,(H,22,23)/t16-/m0/s1. The first-order valence-corrected chi connectivity index (χ1v) is 9.05. The van der Waals surface area contributed by atoms with E-state index < -0.39 is 17.9 Å². The Bertz CT molecular complexity index is 666. The topological polar surface area (TPSA) is 57.6 Å². The number of aliphatic carboxylic acids is 1. The van der Waals surface area contributed by atoms with E-state index in [1.54, 1.807) is 11.8 Å². The third kappa shape index (κ3) is 3.46. The van der Waals surface area contributed by atoms with Crippen LogP contribution in [0.25, 0.3) is 0 Å². The SMILES string of the molecule is O=C(O)[C@@H]1CSCCN1C(=O)C(c1ccccc1)c1ccccc1. The molecule has 0 unspecified atom stereocenters. The van der Waals surface area contributed by atoms with Crippen molar-refractivity contribution in [2.45, 2.75) is 12.0 Å². The van der Waals surface area contributed by atoms with Crippen LogP contribution in [0.1, 0.15) is 17.0 Å². The number of carboxylic acids is 1. The monoisotopic (exact) mass is 341 g/mol. The van der Waals surface area contributed by atoms with Gasteiger partial charge in [0.25, 0.3) is 0 Å². The van der Waals surface area contributed by atoms with E-state index in [4.69, 9.17) is 0 Å². The third-order valence-electron chi connectivity index (χ3n) is 4.21. The summed E-state index contributed by atoms with van der Waals surface area (Å²) in [6.45, 7) is 0.469. The lowest BCUT2D eigenvalue weighted by Gasteiger charge is -2.35. The van der Waals surface area contributed by atoms with E-state index in [9.17, 15) is 14.7 Å². The molecule has 1 saturated heterocycles. The second-order valence-corrected chi connectivity index (χ2v) is 6.86. The minimum Gasteiger partial charge on any atom is -0.480 e. The Kier molecular flexibility index (Phi) is 5.20. The Balaban J connectivity index is 1.99. The second kappa shape index (κ2) is 7.53. The summed E-state index contributed by atoms with van der Waals surface area (Å²) in [6.07, 6.45) is 0. The fourth-order valence-electron chi connectivity index (χ4n) is 3.01. The number of carboxylic acid groups (broad SMARTS) is 1. The molecule has 0 bridgehead atoms. The first kappa shape index (κ1) is 16.6. The number of hydrogen-bond donors (Lipinski definition) is 1. The molecule has 1 amide bonds. The molecule has 0 saturated carbocycles. The highest BCUT2D eigenvalue weighted by atomic mass is 32.2. The average Bonchev–Trinajstić information content (AvgIpc) is 2.63. The molecule has 1 heterocycles. The van der Waals surface area contributed by atoms with E-state index in [1.165, 1.54) is 4.90 Å². The van der Waals surface area contributed by atoms with E-state index in [-0.39, 0.29) is 5.91 Å². The van der Waals surface area contributed by atoms with Crippen molar-refractivity contribution in [3.63, 3.8) is 0 Å². The normalized spacial score (nSPS) is 17.7. The number of carbonyl (C=O) groups is 2. The lowest BCUT2D eigenvalue weighted by Crippen LogP contribution is -2.51. The van der Waals surface area contributed by atoms with Gasteiger partial charge in [-0.2, -0.15) is 11.8 Å². The molecule has 1 N–H and O–H groups in total. The number of thioether (sulfide) groups is 1. The van der Waals surface area contributed by atoms with Crippen LogP contribution in [0, 0.1) is 0 Å². The van der Waals surface area contributed by atoms with Crippen LogP contribution in [-0.2, 0) is 9.59 Å². The highest BCUT2D eigenvalue weighted by molar-refractivity contribution is 7.99. The van der Waals surface area contributed by atoms with Gasteiger partial charge in [0.2, 0.25) is 5.91 Å². The molecule has 1 fully saturated rings. The maximum Gasteiger partial charge on any atom is 0.327 e. The van der Waals surface area contributed by atoms with Crippen molar-refractivity contribution in [3.8, 4) is 0 Å². The zero-order valence-corrected chi connectivity index (χ0v) is 14.0. The fourth-order valence-corrected chi connectivity index (χ4v) is 4.04. The van der Waals surface area contributed by atoms with Gasteiger partial charge in [-0.05, 0) is 11.1 Å². The van der Waals surface area contributed by atoms with Crippen molar-refractivity contribution < 1.29 is 14.7 Å². The molecule has 1 aliphatic heterocycles. The maximum absolute atomic E-state index is 13.3. The van der Waals surface area contributed by atoms with Crippen LogP contribution in [0.2, 0.25) is 0 Å². The van der Waals surface area contributed by atoms with Crippen LogP contribution in [0.15, 0.2) is 60.7 Å². The van der Waals surface area contributed by atoms with Crippen molar-refractivity contribution in [3.05, 3.63) is 71.8 Å². The lowest BCUT2D eigenvalue weighted by atomic mass is 9.89. The zero-order valence-electron chi connectivity index (χ0n) is 13.2. The lowest BCUT2D eigenvalue weighted by molar-refractivity contribution is -0.149. The maximum atomic E-state index is 13.3. The van der Waals surface area contributed by atoms with Gasteiger partial charge >= 0.3 is 5.97 Å². The van der Waals surface area contributed by atoms with Crippen molar-refractivity contribution in [1.29, 1.82) is 0 Å². The van der Waals surface area contributed by atoms with Crippen molar-refractivity contribution in [1.82, 2.24) is 4.90 Å². The van der Waals surface area contributed by atoms with Crippen molar-refractivity contribution in [2.24, 2.45) is 0 Å². The molecule has 5 heteroatoms. The number of amides is 1. The van der Waals surface area contributed by atoms with E-state index in [0.717, 1.165) is 16.9 Å². The summed E-state index contributed by atoms with van der Waals surface area (Å²) < 4.78 is 0. The van der Waals surface area contributed by atoms with Gasteiger partial charge in [0, 0.05) is 18.1 Å². The Morgan fingerprint density at radius 3 is 2.04 bits per heavy atom. The molecule has 1 atom stereocenters. The molecular formula is C19H19NO3S. The summed E-state index contributed by atoms with van der Waals surface area (Å²) in [7, 11) is 0. The molecule has 0 radical (unpaired) electrons. The average molecular weight is 341 g/mol. The number of nitrogens with zero attached hydrogens (tertiary/aromatic N) is 1. The van der Waals surface area contributed by atoms with Gasteiger partial charge in [0.15, 0.2) is 0 Å². The molecule has 1 aliphatic rings. The molecule has 3 rings (SSSR count). The minimum atomic E-state index is -0.935. The molecule has 2 aromatic rings. The third-order valence-corrected chi connectivity index (χ3v) is 5.23. The van der Waals surface area contributed by atoms with Gasteiger partial charge < -0.3 is 10.0 Å². The molecule has 0 aromatic heterocycles. The van der Waals surface area contributed by atoms with Crippen molar-refractivity contribution in [2.75, 3.05) is 18.1 Å². The second-order valence-electron chi connectivity index (χ2n) is 5.71. The Morgan fingerprint density at radius 2 is 1.54 bits per heavy atom. The number of hydrogen-bond acceptors (Lipinski definition) is 3. The molecule has 4 nitrogen and oxygen atoms in total. The first-order chi connectivity index (χ1) is 11.7. The highest BCUT2D eigenvalue weighted by Gasteiger charge is 2.36. The summed E-state index contributed by atoms with van der Waals surface area (Å²) in [5.41, 5.74) is 1.77. The molecule has 24 heavy (non-hydrogen) atoms. The van der Waals surface area contributed by atoms with E-state index in [2.05, 4.69) is 0 Å². The van der Waals surface area contributed by atoms with Crippen LogP contribution in [-0.4, -0.2) is 46.0 Å². The largest absolute Gasteiger partial charge is 0.480 e. The zero-order chi connectivity index (χ0) is 16.9. The summed E-state index contributed by atoms with van der Waals surface area (Å²) in [6, 6.07) is 18.4. The predicted molar refractivity (Wildman–Crippen MR) is 95.2 cm³/mol. The first-order valence-electron chi connectivity index (χ1n) is 7.89. The van der Waals surface area contributed by atoms with Crippen LogP contribution in [0.4, 0.5) is 0 Å². The number of rotatable bonds is 4. The summed E-state index contributed by atoms with van der Waals surface area (Å²) in [4.78, 5) is 26.4. The highest BCUT2D eigenvalue weighted by Crippen LogP contribution is 2.29. The van der Waals surface area contributed by atoms with Gasteiger partial charge in [-0.3, -0.25) is 4.79 Å². The molecule has 0 aliphatic carbocycles. The van der Waals surface area contributed by atoms with Gasteiger partial charge in [0.05, 0.1) is 5.92 Å². The van der Waals surface area contributed by atoms with E-state index >= 15 is 0 Å². The van der Waals surface area contributed by atoms with Crippen LogP contribution in [0.5, 0.6) is 0 Å². The van der Waals surface area contributed by atoms with Crippen LogP contribution in [0.3, 0.4) is 0 Å². The Labute approximate surface area is 145 Å². The quantitative estimate of drug-likeness (QED) is 0.929. The van der Waals surface area contributed by atoms with Crippen LogP contribution < -0.4 is 0 Å². The molecule has 0 spiro atoms. The molecule has 2 aromatic carbocycles. The van der Waals surface area contributed by atoms with Gasteiger partial charge in [-0.25, -0.2) is 4.79 Å². The van der Waals surface area contributed by atoms with E-state index in [1.807, 2.05) is 60.7 Å².